The van der Waals surface area contributed by atoms with Crippen LogP contribution in [-0.4, -0.2) is 26.5 Å². The number of carbonyl (C=O) groups excluding carboxylic acids is 1. The van der Waals surface area contributed by atoms with Crippen LogP contribution < -0.4 is 5.32 Å². The van der Waals surface area contributed by atoms with E-state index in [2.05, 4.69) is 38.2 Å². The van der Waals surface area contributed by atoms with Gasteiger partial charge in [0, 0.05) is 48.7 Å². The molecule has 1 aliphatic heterocycles. The lowest BCUT2D eigenvalue weighted by atomic mass is 10.1. The van der Waals surface area contributed by atoms with E-state index >= 15 is 0 Å². The van der Waals surface area contributed by atoms with Crippen molar-refractivity contribution in [3.63, 3.8) is 0 Å². The summed E-state index contributed by atoms with van der Waals surface area (Å²) in [6.07, 6.45) is 7.27. The van der Waals surface area contributed by atoms with Crippen molar-refractivity contribution < 1.29 is 4.79 Å². The number of para-hydroxylation sites is 1. The highest BCUT2D eigenvalue weighted by atomic mass is 16.1. The number of H-pyrrole nitrogens is 1. The van der Waals surface area contributed by atoms with E-state index in [9.17, 15) is 4.79 Å². The fraction of sp³-hybridized carbons (Fsp3) is 0.368. The zero-order chi connectivity index (χ0) is 16.5. The first kappa shape index (κ1) is 15.0. The van der Waals surface area contributed by atoms with E-state index in [1.165, 1.54) is 10.9 Å². The molecule has 0 bridgehead atoms. The van der Waals surface area contributed by atoms with E-state index in [4.69, 9.17) is 0 Å². The fourth-order valence-electron chi connectivity index (χ4n) is 3.59. The molecule has 1 aromatic carbocycles. The van der Waals surface area contributed by atoms with Gasteiger partial charge in [-0.15, -0.1) is 0 Å². The van der Waals surface area contributed by atoms with Crippen molar-refractivity contribution in [2.24, 2.45) is 0 Å². The van der Waals surface area contributed by atoms with Crippen molar-refractivity contribution in [1.82, 2.24) is 19.9 Å². The van der Waals surface area contributed by atoms with Crippen LogP contribution in [0.3, 0.4) is 0 Å². The third-order valence-corrected chi connectivity index (χ3v) is 4.77. The monoisotopic (exact) mass is 322 g/mol. The normalized spacial score (nSPS) is 17.0. The predicted octanol–water partition coefficient (Wildman–Crippen LogP) is 2.74. The topological polar surface area (TPSA) is 62.7 Å². The molecule has 0 fully saturated rings. The smallest absolute Gasteiger partial charge is 0.220 e. The van der Waals surface area contributed by atoms with E-state index in [1.807, 2.05) is 25.3 Å². The molecule has 4 rings (SSSR count). The van der Waals surface area contributed by atoms with Gasteiger partial charge in [-0.2, -0.15) is 0 Å². The maximum atomic E-state index is 12.3. The number of imidazole rings is 1. The van der Waals surface area contributed by atoms with Gasteiger partial charge in [-0.05, 0) is 31.4 Å². The largest absolute Gasteiger partial charge is 0.361 e. The summed E-state index contributed by atoms with van der Waals surface area (Å²) in [6, 6.07) is 8.42. The number of carbonyl (C=O) groups is 1. The number of aromatic nitrogens is 3. The number of aromatic amines is 1. The Labute approximate surface area is 141 Å². The summed E-state index contributed by atoms with van der Waals surface area (Å²) in [5.74, 6) is 1.27. The number of rotatable bonds is 4. The maximum Gasteiger partial charge on any atom is 0.220 e. The average molecular weight is 322 g/mol. The lowest BCUT2D eigenvalue weighted by Crippen LogP contribution is -2.40. The highest BCUT2D eigenvalue weighted by molar-refractivity contribution is 5.84. The van der Waals surface area contributed by atoms with Crippen LogP contribution in [0.4, 0.5) is 0 Å². The molecule has 0 saturated carbocycles. The number of hydrogen-bond donors (Lipinski definition) is 2. The summed E-state index contributed by atoms with van der Waals surface area (Å²) in [6.45, 7) is 2.84. The molecule has 0 radical (unpaired) electrons. The second-order valence-electron chi connectivity index (χ2n) is 6.61. The number of aryl methyl sites for hydroxylation is 3. The minimum absolute atomic E-state index is 0.130. The molecule has 0 spiro atoms. The summed E-state index contributed by atoms with van der Waals surface area (Å²) >= 11 is 0. The maximum absolute atomic E-state index is 12.3. The van der Waals surface area contributed by atoms with Crippen LogP contribution in [-0.2, 0) is 24.2 Å². The molecular weight excluding hydrogens is 300 g/mol. The summed E-state index contributed by atoms with van der Waals surface area (Å²) in [5, 5.41) is 4.39. The van der Waals surface area contributed by atoms with Crippen LogP contribution in [0.15, 0.2) is 36.7 Å². The van der Waals surface area contributed by atoms with Gasteiger partial charge in [0.25, 0.3) is 0 Å². The highest BCUT2D eigenvalue weighted by Crippen LogP contribution is 2.19. The summed E-state index contributed by atoms with van der Waals surface area (Å²) in [7, 11) is 0. The lowest BCUT2D eigenvalue weighted by molar-refractivity contribution is -0.121. The summed E-state index contributed by atoms with van der Waals surface area (Å²) in [5.41, 5.74) is 3.39. The van der Waals surface area contributed by atoms with Crippen LogP contribution in [0, 0.1) is 6.92 Å². The molecule has 0 aliphatic carbocycles. The molecule has 5 nitrogen and oxygen atoms in total. The number of nitrogens with one attached hydrogen (secondary N) is 2. The van der Waals surface area contributed by atoms with E-state index in [0.717, 1.165) is 42.8 Å². The number of hydrogen-bond acceptors (Lipinski definition) is 2. The van der Waals surface area contributed by atoms with Crippen LogP contribution in [0.2, 0.25) is 0 Å². The van der Waals surface area contributed by atoms with Gasteiger partial charge < -0.3 is 14.9 Å². The first-order chi connectivity index (χ1) is 11.7. The quantitative estimate of drug-likeness (QED) is 0.776. The Kier molecular flexibility index (Phi) is 3.84. The van der Waals surface area contributed by atoms with Crippen molar-refractivity contribution in [3.8, 4) is 0 Å². The molecule has 124 valence electrons. The molecule has 0 saturated heterocycles. The molecular formula is C19H22N4O. The number of amides is 1. The average Bonchev–Trinajstić information content (AvgIpc) is 3.15. The van der Waals surface area contributed by atoms with Gasteiger partial charge in [0.2, 0.25) is 5.91 Å². The summed E-state index contributed by atoms with van der Waals surface area (Å²) in [4.78, 5) is 20.1. The van der Waals surface area contributed by atoms with Gasteiger partial charge in [-0.1, -0.05) is 18.2 Å². The Morgan fingerprint density at radius 1 is 1.42 bits per heavy atom. The van der Waals surface area contributed by atoms with Gasteiger partial charge in [-0.25, -0.2) is 4.98 Å². The van der Waals surface area contributed by atoms with Gasteiger partial charge in [0.15, 0.2) is 0 Å². The van der Waals surface area contributed by atoms with Gasteiger partial charge in [-0.3, -0.25) is 4.79 Å². The Hall–Kier alpha value is -2.56. The molecule has 24 heavy (non-hydrogen) atoms. The van der Waals surface area contributed by atoms with Crippen LogP contribution >= 0.6 is 0 Å². The standard InChI is InChI=1S/C19H22N4O/c1-13-11-23-12-15(7-8-18(23)21-13)22-19(24)9-6-14-10-20-17-5-3-2-4-16(14)17/h2-5,10-11,15,20H,6-9,12H2,1H3,(H,22,24)/t15-/m1/s1. The van der Waals surface area contributed by atoms with Crippen molar-refractivity contribution >= 4 is 16.8 Å². The second kappa shape index (κ2) is 6.15. The number of benzene rings is 1. The molecule has 1 amide bonds. The zero-order valence-electron chi connectivity index (χ0n) is 13.9. The Balaban J connectivity index is 1.34. The predicted molar refractivity (Wildman–Crippen MR) is 93.8 cm³/mol. The lowest BCUT2D eigenvalue weighted by Gasteiger charge is -2.24. The first-order valence-corrected chi connectivity index (χ1v) is 8.56. The van der Waals surface area contributed by atoms with Crippen molar-refractivity contribution in [2.75, 3.05) is 0 Å². The molecule has 2 aromatic heterocycles. The van der Waals surface area contributed by atoms with E-state index in [1.54, 1.807) is 0 Å². The van der Waals surface area contributed by atoms with E-state index in [-0.39, 0.29) is 11.9 Å². The van der Waals surface area contributed by atoms with Crippen LogP contribution in [0.25, 0.3) is 10.9 Å². The third kappa shape index (κ3) is 2.94. The third-order valence-electron chi connectivity index (χ3n) is 4.77. The Bertz CT molecular complexity index is 877. The molecule has 5 heteroatoms. The molecule has 2 N–H and O–H groups in total. The van der Waals surface area contributed by atoms with Crippen LogP contribution in [0.5, 0.6) is 0 Å². The first-order valence-electron chi connectivity index (χ1n) is 8.56. The van der Waals surface area contributed by atoms with E-state index < -0.39 is 0 Å². The SMILES string of the molecule is Cc1cn2c(n1)CC[C@@H](NC(=O)CCc1c[nH]c3ccccc13)C2. The fourth-order valence-corrected chi connectivity index (χ4v) is 3.59. The molecule has 1 atom stereocenters. The molecule has 0 unspecified atom stereocenters. The summed E-state index contributed by atoms with van der Waals surface area (Å²) < 4.78 is 2.17. The number of fused-ring (bicyclic) bond motifs is 2. The molecule has 3 aromatic rings. The zero-order valence-corrected chi connectivity index (χ0v) is 13.9. The molecule has 3 heterocycles. The van der Waals surface area contributed by atoms with Gasteiger partial charge in [0.05, 0.1) is 5.69 Å². The molecule has 1 aliphatic rings. The number of nitrogens with zero attached hydrogens (tertiary/aromatic N) is 2. The van der Waals surface area contributed by atoms with Crippen LogP contribution in [0.1, 0.15) is 29.9 Å². The van der Waals surface area contributed by atoms with E-state index in [0.29, 0.717) is 6.42 Å². The highest BCUT2D eigenvalue weighted by Gasteiger charge is 2.21. The Morgan fingerprint density at radius 3 is 3.21 bits per heavy atom. The minimum Gasteiger partial charge on any atom is -0.361 e. The van der Waals surface area contributed by atoms with Crippen molar-refractivity contribution in [3.05, 3.63) is 53.7 Å². The van der Waals surface area contributed by atoms with Gasteiger partial charge >= 0.3 is 0 Å². The van der Waals surface area contributed by atoms with Crippen molar-refractivity contribution in [1.29, 1.82) is 0 Å². The van der Waals surface area contributed by atoms with Gasteiger partial charge in [0.1, 0.15) is 5.82 Å². The Morgan fingerprint density at radius 2 is 2.29 bits per heavy atom. The van der Waals surface area contributed by atoms with Crippen molar-refractivity contribution in [2.45, 2.75) is 45.2 Å². The second-order valence-corrected chi connectivity index (χ2v) is 6.61. The minimum atomic E-state index is 0.130.